The van der Waals surface area contributed by atoms with Gasteiger partial charge in [0, 0.05) is 13.1 Å². The summed E-state index contributed by atoms with van der Waals surface area (Å²) in [6.07, 6.45) is 0.217. The first-order chi connectivity index (χ1) is 18.5. The Morgan fingerprint density at radius 2 is 1.74 bits per heavy atom. The molecule has 1 N–H and O–H groups in total. The molecule has 0 saturated carbocycles. The largest absolute Gasteiger partial charge is 0.434 e. The Morgan fingerprint density at radius 1 is 1.03 bits per heavy atom. The molecule has 202 valence electrons. The number of Topliss-reactive ketones (excluding diaryl/α,β-unsaturated/α-hetero) is 1. The highest BCUT2D eigenvalue weighted by Gasteiger charge is 2.38. The second-order valence-electron chi connectivity index (χ2n) is 9.52. The summed E-state index contributed by atoms with van der Waals surface area (Å²) < 4.78 is 26.6. The van der Waals surface area contributed by atoms with Gasteiger partial charge in [0.15, 0.2) is 11.8 Å². The predicted octanol–water partition coefficient (Wildman–Crippen LogP) is 4.13. The van der Waals surface area contributed by atoms with Crippen molar-refractivity contribution in [2.24, 2.45) is 5.92 Å². The van der Waals surface area contributed by atoms with Crippen LogP contribution in [0, 0.1) is 5.92 Å². The fraction of sp³-hybridized carbons (Fsp3) is 0.448. The van der Waals surface area contributed by atoms with Gasteiger partial charge in [0.2, 0.25) is 11.7 Å². The molecule has 1 aliphatic rings. The van der Waals surface area contributed by atoms with Gasteiger partial charge >= 0.3 is 0 Å². The molecular weight excluding hydrogens is 489 g/mol. The first kappa shape index (κ1) is 27.4. The molecule has 38 heavy (non-hydrogen) atoms. The molecule has 1 aromatic heterocycles. The molecule has 8 nitrogen and oxygen atoms in total. The zero-order chi connectivity index (χ0) is 26.9. The molecule has 1 fully saturated rings. The van der Waals surface area contributed by atoms with Gasteiger partial charge in [0.1, 0.15) is 5.52 Å². The van der Waals surface area contributed by atoms with Gasteiger partial charge in [-0.3, -0.25) is 14.4 Å². The number of fused-ring (bicyclic) bond motifs is 1. The van der Waals surface area contributed by atoms with Crippen LogP contribution in [0.4, 0.5) is 4.39 Å². The third-order valence-electron chi connectivity index (χ3n) is 6.79. The minimum atomic E-state index is -2.02. The van der Waals surface area contributed by atoms with Crippen molar-refractivity contribution in [3.63, 3.8) is 0 Å². The number of ketones is 1. The number of carbonyl (C=O) groups is 3. The molecule has 0 radical (unpaired) electrons. The third-order valence-corrected chi connectivity index (χ3v) is 6.79. The van der Waals surface area contributed by atoms with Crippen molar-refractivity contribution in [2.45, 2.75) is 51.2 Å². The summed E-state index contributed by atoms with van der Waals surface area (Å²) in [4.78, 5) is 45.3. The molecule has 0 bridgehead atoms. The number of benzene rings is 2. The molecule has 0 spiro atoms. The maximum atomic E-state index is 15.7. The molecular formula is C29H34FN3O5. The number of nitrogens with zero attached hydrogens (tertiary/aromatic N) is 2. The van der Waals surface area contributed by atoms with Gasteiger partial charge in [0.25, 0.3) is 11.8 Å². The Bertz CT molecular complexity index is 1190. The summed E-state index contributed by atoms with van der Waals surface area (Å²) in [6, 6.07) is 15.8. The van der Waals surface area contributed by atoms with Crippen LogP contribution in [0.25, 0.3) is 11.1 Å². The number of aryl methyl sites for hydroxylation is 1. The van der Waals surface area contributed by atoms with Crippen molar-refractivity contribution >= 4 is 28.7 Å². The molecule has 2 amide bonds. The highest BCUT2D eigenvalue weighted by molar-refractivity contribution is 6.00. The van der Waals surface area contributed by atoms with Gasteiger partial charge in [-0.2, -0.15) is 0 Å². The highest BCUT2D eigenvalue weighted by Crippen LogP contribution is 2.22. The zero-order valence-corrected chi connectivity index (χ0v) is 21.6. The molecule has 3 aromatic rings. The van der Waals surface area contributed by atoms with Crippen LogP contribution in [0.2, 0.25) is 0 Å². The van der Waals surface area contributed by atoms with Crippen LogP contribution >= 0.6 is 0 Å². The Morgan fingerprint density at radius 3 is 2.45 bits per heavy atom. The smallest absolute Gasteiger partial charge is 0.266 e. The Kier molecular flexibility index (Phi) is 9.59. The van der Waals surface area contributed by atoms with Crippen molar-refractivity contribution in [3.05, 3.63) is 66.1 Å². The van der Waals surface area contributed by atoms with E-state index in [1.807, 2.05) is 37.3 Å². The summed E-state index contributed by atoms with van der Waals surface area (Å²) in [5.74, 6) is -3.19. The van der Waals surface area contributed by atoms with Gasteiger partial charge in [-0.05, 0) is 43.4 Å². The first-order valence-electron chi connectivity index (χ1n) is 13.2. The lowest BCUT2D eigenvalue weighted by atomic mass is 9.92. The summed E-state index contributed by atoms with van der Waals surface area (Å²) in [7, 11) is 0. The quantitative estimate of drug-likeness (QED) is 0.358. The third kappa shape index (κ3) is 6.83. The number of aromatic nitrogens is 1. The number of hydrogen-bond acceptors (Lipinski definition) is 6. The number of amides is 2. The van der Waals surface area contributed by atoms with E-state index in [0.29, 0.717) is 50.0 Å². The van der Waals surface area contributed by atoms with Gasteiger partial charge in [-0.15, -0.1) is 0 Å². The summed E-state index contributed by atoms with van der Waals surface area (Å²) in [6.45, 7) is 3.12. The Balaban J connectivity index is 1.49. The van der Waals surface area contributed by atoms with Crippen molar-refractivity contribution in [2.75, 3.05) is 26.3 Å². The van der Waals surface area contributed by atoms with Crippen molar-refractivity contribution in [1.29, 1.82) is 0 Å². The van der Waals surface area contributed by atoms with Gasteiger partial charge < -0.3 is 19.4 Å². The minimum absolute atomic E-state index is 0.105. The van der Waals surface area contributed by atoms with Crippen LogP contribution < -0.4 is 5.32 Å². The molecule has 2 heterocycles. The fourth-order valence-corrected chi connectivity index (χ4v) is 4.67. The number of halogens is 1. The maximum Gasteiger partial charge on any atom is 0.266 e. The van der Waals surface area contributed by atoms with Crippen LogP contribution in [-0.2, 0) is 20.7 Å². The highest BCUT2D eigenvalue weighted by atomic mass is 19.1. The van der Waals surface area contributed by atoms with Crippen LogP contribution in [-0.4, -0.2) is 66.0 Å². The molecule has 1 aliphatic heterocycles. The van der Waals surface area contributed by atoms with E-state index in [4.69, 9.17) is 9.15 Å². The topological polar surface area (TPSA) is 102 Å². The van der Waals surface area contributed by atoms with Crippen LogP contribution in [0.3, 0.4) is 0 Å². The Labute approximate surface area is 221 Å². The lowest BCUT2D eigenvalue weighted by molar-refractivity contribution is -0.146. The Hall–Kier alpha value is -3.59. The monoisotopic (exact) mass is 523 g/mol. The van der Waals surface area contributed by atoms with Crippen molar-refractivity contribution < 1.29 is 27.9 Å². The van der Waals surface area contributed by atoms with Crippen LogP contribution in [0.15, 0.2) is 59.0 Å². The number of carbonyl (C=O) groups excluding carboxylic acids is 3. The fourth-order valence-electron chi connectivity index (χ4n) is 4.67. The number of para-hydroxylation sites is 2. The number of alkyl halides is 1. The van der Waals surface area contributed by atoms with Crippen LogP contribution in [0.1, 0.15) is 48.9 Å². The number of oxazole rings is 1. The van der Waals surface area contributed by atoms with E-state index in [1.165, 1.54) is 4.90 Å². The zero-order valence-electron chi connectivity index (χ0n) is 21.6. The van der Waals surface area contributed by atoms with Crippen molar-refractivity contribution in [1.82, 2.24) is 15.2 Å². The second kappa shape index (κ2) is 13.3. The summed E-state index contributed by atoms with van der Waals surface area (Å²) in [5.41, 5.74) is 2.07. The van der Waals surface area contributed by atoms with E-state index in [2.05, 4.69) is 10.3 Å². The minimum Gasteiger partial charge on any atom is -0.434 e. The average molecular weight is 524 g/mol. The summed E-state index contributed by atoms with van der Waals surface area (Å²) in [5, 5.41) is 2.72. The molecule has 0 aliphatic carbocycles. The molecule has 3 atom stereocenters. The van der Waals surface area contributed by atoms with E-state index in [-0.39, 0.29) is 25.4 Å². The van der Waals surface area contributed by atoms with E-state index < -0.39 is 35.7 Å². The molecule has 9 heteroatoms. The normalized spacial score (nSPS) is 16.1. The maximum absolute atomic E-state index is 15.7. The lowest BCUT2D eigenvalue weighted by Crippen LogP contribution is -2.51. The average Bonchev–Trinajstić information content (AvgIpc) is 3.39. The number of ether oxygens (including phenoxy) is 1. The number of hydrogen-bond donors (Lipinski definition) is 1. The molecule has 2 unspecified atom stereocenters. The molecule has 4 rings (SSSR count). The lowest BCUT2D eigenvalue weighted by Gasteiger charge is -2.30. The second-order valence-corrected chi connectivity index (χ2v) is 9.52. The van der Waals surface area contributed by atoms with Gasteiger partial charge in [-0.25, -0.2) is 9.37 Å². The van der Waals surface area contributed by atoms with E-state index >= 15 is 4.39 Å². The number of rotatable bonds is 12. The van der Waals surface area contributed by atoms with E-state index in [9.17, 15) is 14.4 Å². The van der Waals surface area contributed by atoms with Crippen LogP contribution in [0.5, 0.6) is 0 Å². The van der Waals surface area contributed by atoms with E-state index in [0.717, 1.165) is 5.56 Å². The molecule has 2 aromatic carbocycles. The standard InChI is InChI=1S/C29H34FN3O5/c1-2-9-23(26(34)28-32-22-14-6-7-15-24(22)38-28)31-27(35)21(13-8-12-20-10-4-3-5-11-20)25(30)29(36)33-16-18-37-19-17-33/h3-7,10-11,14-15,21,23,25H,2,8-9,12-13,16-19H2,1H3,(H,31,35)/t21?,23-,25?/m0/s1. The number of morpholine rings is 1. The first-order valence-corrected chi connectivity index (χ1v) is 13.2. The van der Waals surface area contributed by atoms with Gasteiger partial charge in [-0.1, -0.05) is 55.8 Å². The number of nitrogens with one attached hydrogen (secondary N) is 1. The van der Waals surface area contributed by atoms with Gasteiger partial charge in [0.05, 0.1) is 25.2 Å². The molecule has 1 saturated heterocycles. The van der Waals surface area contributed by atoms with E-state index in [1.54, 1.807) is 24.3 Å². The predicted molar refractivity (Wildman–Crippen MR) is 140 cm³/mol. The SMILES string of the molecule is CCC[C@H](NC(=O)C(CCCc1ccccc1)C(F)C(=O)N1CCOCC1)C(=O)c1nc2ccccc2o1. The summed E-state index contributed by atoms with van der Waals surface area (Å²) >= 11 is 0. The van der Waals surface area contributed by atoms with Crippen molar-refractivity contribution in [3.8, 4) is 0 Å².